The largest absolute Gasteiger partial charge is 0.461 e. The summed E-state index contributed by atoms with van der Waals surface area (Å²) in [5.41, 5.74) is -0.882. The number of H-pyrrole nitrogens is 1. The fourth-order valence-corrected chi connectivity index (χ4v) is 5.26. The molecule has 1 aliphatic heterocycles. The fourth-order valence-electron chi connectivity index (χ4n) is 3.76. The topological polar surface area (TPSA) is 158 Å². The Kier molecular flexibility index (Phi) is 8.11. The minimum absolute atomic E-state index is 0.0425. The van der Waals surface area contributed by atoms with E-state index >= 15 is 0 Å². The maximum absolute atomic E-state index is 13.6. The van der Waals surface area contributed by atoms with Crippen molar-refractivity contribution < 1.29 is 33.0 Å². The first-order valence-corrected chi connectivity index (χ1v) is 13.3. The third-order valence-electron chi connectivity index (χ3n) is 6.08. The van der Waals surface area contributed by atoms with Gasteiger partial charge in [-0.25, -0.2) is 9.36 Å². The van der Waals surface area contributed by atoms with Crippen LogP contribution in [0.15, 0.2) is 46.1 Å². The second-order valence-electron chi connectivity index (χ2n) is 8.95. The van der Waals surface area contributed by atoms with Crippen LogP contribution in [0.5, 0.6) is 5.75 Å². The maximum atomic E-state index is 13.6. The third-order valence-corrected chi connectivity index (χ3v) is 7.72. The Balaban J connectivity index is 1.44. The van der Waals surface area contributed by atoms with Gasteiger partial charge in [-0.15, -0.1) is 0 Å². The second kappa shape index (κ2) is 11.1. The van der Waals surface area contributed by atoms with Gasteiger partial charge >= 0.3 is 19.4 Å². The highest BCUT2D eigenvalue weighted by Crippen LogP contribution is 2.46. The number of carbonyl (C=O) groups excluding carboxylic acids is 1. The molecule has 0 unspecified atom stereocenters. The van der Waals surface area contributed by atoms with Crippen LogP contribution in [0.4, 0.5) is 0 Å². The van der Waals surface area contributed by atoms with Crippen molar-refractivity contribution in [2.45, 2.75) is 70.1 Å². The Morgan fingerprint density at radius 1 is 1.31 bits per heavy atom. The van der Waals surface area contributed by atoms with E-state index in [4.69, 9.17) is 18.5 Å². The molecule has 4 rings (SSSR count). The van der Waals surface area contributed by atoms with Gasteiger partial charge in [0.15, 0.2) is 0 Å². The molecule has 12 nitrogen and oxygen atoms in total. The van der Waals surface area contributed by atoms with Crippen LogP contribution >= 0.6 is 7.75 Å². The summed E-state index contributed by atoms with van der Waals surface area (Å²) in [4.78, 5) is 38.5. The molecule has 13 heteroatoms. The van der Waals surface area contributed by atoms with Gasteiger partial charge in [0.05, 0.1) is 12.7 Å². The van der Waals surface area contributed by atoms with Crippen molar-refractivity contribution in [2.75, 3.05) is 6.61 Å². The minimum Gasteiger partial charge on any atom is -0.461 e. The number of aliphatic hydroxyl groups is 1. The average molecular weight is 523 g/mol. The first kappa shape index (κ1) is 26.3. The van der Waals surface area contributed by atoms with Crippen LogP contribution < -0.4 is 20.9 Å². The normalized spacial score (nSPS) is 24.5. The molecular weight excluding hydrogens is 493 g/mol. The molecule has 2 fully saturated rings. The summed E-state index contributed by atoms with van der Waals surface area (Å²) in [5, 5.41) is 13.1. The van der Waals surface area contributed by atoms with E-state index in [0.717, 1.165) is 19.3 Å². The molecule has 1 aromatic carbocycles. The predicted octanol–water partition coefficient (Wildman–Crippen LogP) is 1.77. The zero-order valence-electron chi connectivity index (χ0n) is 20.0. The van der Waals surface area contributed by atoms with Crippen molar-refractivity contribution in [3.8, 4) is 5.75 Å². The Hall–Kier alpha value is -2.76. The number of aryl methyl sites for hydroxylation is 1. The van der Waals surface area contributed by atoms with Crippen molar-refractivity contribution in [2.24, 2.45) is 0 Å². The quantitative estimate of drug-likeness (QED) is 0.310. The molecule has 1 saturated heterocycles. The predicted molar refractivity (Wildman–Crippen MR) is 128 cm³/mol. The van der Waals surface area contributed by atoms with E-state index in [0.29, 0.717) is 5.56 Å². The Bertz CT molecular complexity index is 1230. The van der Waals surface area contributed by atoms with Crippen molar-refractivity contribution in [3.63, 3.8) is 0 Å². The highest BCUT2D eigenvalue weighted by atomic mass is 31.2. The SMILES string of the molecule is Cc1cn([C@@H]2C[C@@H](O)[C@H](CO[P@@](=O)(N[C@@H](C)C(=O)OC3CCC3)Oc3ccccc3)O2)c(=O)[nH]c1=O. The van der Waals surface area contributed by atoms with Crippen molar-refractivity contribution >= 4 is 13.7 Å². The molecule has 2 aromatic rings. The number of aromatic amines is 1. The molecule has 5 atom stereocenters. The van der Waals surface area contributed by atoms with Crippen LogP contribution in [-0.4, -0.2) is 51.6 Å². The van der Waals surface area contributed by atoms with Crippen LogP contribution in [0, 0.1) is 6.92 Å². The lowest BCUT2D eigenvalue weighted by atomic mass is 9.96. The van der Waals surface area contributed by atoms with E-state index in [2.05, 4.69) is 10.1 Å². The van der Waals surface area contributed by atoms with Gasteiger partial charge < -0.3 is 19.1 Å². The van der Waals surface area contributed by atoms with Crippen molar-refractivity contribution in [1.82, 2.24) is 14.6 Å². The van der Waals surface area contributed by atoms with Crippen LogP contribution in [0.1, 0.15) is 44.4 Å². The van der Waals surface area contributed by atoms with Gasteiger partial charge in [0.25, 0.3) is 5.56 Å². The van der Waals surface area contributed by atoms with Crippen molar-refractivity contribution in [1.29, 1.82) is 0 Å². The molecule has 3 N–H and O–H groups in total. The number of ether oxygens (including phenoxy) is 2. The van der Waals surface area contributed by atoms with Gasteiger partial charge in [-0.3, -0.25) is 23.7 Å². The lowest BCUT2D eigenvalue weighted by Crippen LogP contribution is -2.39. The second-order valence-corrected chi connectivity index (χ2v) is 10.6. The number of aliphatic hydroxyl groups excluding tert-OH is 1. The molecule has 0 bridgehead atoms. The third kappa shape index (κ3) is 6.32. The molecular formula is C23H30N3O9P. The van der Waals surface area contributed by atoms with Gasteiger partial charge in [-0.1, -0.05) is 18.2 Å². The lowest BCUT2D eigenvalue weighted by Gasteiger charge is -2.28. The number of benzene rings is 1. The molecule has 1 aromatic heterocycles. The smallest absolute Gasteiger partial charge is 0.459 e. The zero-order valence-corrected chi connectivity index (χ0v) is 20.9. The maximum Gasteiger partial charge on any atom is 0.459 e. The van der Waals surface area contributed by atoms with Crippen LogP contribution in [0.2, 0.25) is 0 Å². The summed E-state index contributed by atoms with van der Waals surface area (Å²) in [6, 6.07) is 7.30. The number of esters is 1. The van der Waals surface area contributed by atoms with Gasteiger partial charge in [-0.2, -0.15) is 5.09 Å². The first-order chi connectivity index (χ1) is 17.1. The van der Waals surface area contributed by atoms with E-state index in [-0.39, 0.29) is 24.9 Å². The summed E-state index contributed by atoms with van der Waals surface area (Å²) >= 11 is 0. The molecule has 196 valence electrons. The highest BCUT2D eigenvalue weighted by molar-refractivity contribution is 7.52. The van der Waals surface area contributed by atoms with E-state index < -0.39 is 49.4 Å². The van der Waals surface area contributed by atoms with Crippen LogP contribution in [-0.2, 0) is 23.4 Å². The zero-order chi connectivity index (χ0) is 25.9. The number of hydrogen-bond donors (Lipinski definition) is 3. The number of aromatic nitrogens is 2. The Labute approximate surface area is 207 Å². The monoisotopic (exact) mass is 523 g/mol. The Morgan fingerprint density at radius 3 is 2.69 bits per heavy atom. The highest BCUT2D eigenvalue weighted by Gasteiger charge is 2.40. The molecule has 0 amide bonds. The summed E-state index contributed by atoms with van der Waals surface area (Å²) < 4.78 is 37.2. The van der Waals surface area contributed by atoms with Gasteiger partial charge in [0.2, 0.25) is 0 Å². The van der Waals surface area contributed by atoms with E-state index in [1.54, 1.807) is 37.3 Å². The first-order valence-electron chi connectivity index (χ1n) is 11.8. The molecule has 1 aliphatic carbocycles. The van der Waals surface area contributed by atoms with Gasteiger partial charge in [0.1, 0.15) is 30.2 Å². The van der Waals surface area contributed by atoms with Crippen LogP contribution in [0.25, 0.3) is 0 Å². The molecule has 0 spiro atoms. The molecule has 2 heterocycles. The van der Waals surface area contributed by atoms with E-state index in [1.165, 1.54) is 17.7 Å². The fraction of sp³-hybridized carbons (Fsp3) is 0.522. The number of nitrogens with one attached hydrogen (secondary N) is 2. The summed E-state index contributed by atoms with van der Waals surface area (Å²) in [7, 11) is -4.14. The number of para-hydroxylation sites is 1. The summed E-state index contributed by atoms with van der Waals surface area (Å²) in [5.74, 6) is -0.334. The number of rotatable bonds is 10. The number of carbonyl (C=O) groups is 1. The number of nitrogens with zero attached hydrogens (tertiary/aromatic N) is 1. The molecule has 36 heavy (non-hydrogen) atoms. The summed E-state index contributed by atoms with van der Waals surface area (Å²) in [6.07, 6.45) is 0.955. The average Bonchev–Trinajstić information content (AvgIpc) is 3.18. The lowest BCUT2D eigenvalue weighted by molar-refractivity contribution is -0.154. The molecule has 1 saturated carbocycles. The van der Waals surface area contributed by atoms with Gasteiger partial charge in [-0.05, 0) is 45.2 Å². The Morgan fingerprint density at radius 2 is 2.03 bits per heavy atom. The molecule has 2 aliphatic rings. The molecule has 0 radical (unpaired) electrons. The van der Waals surface area contributed by atoms with Gasteiger partial charge in [0, 0.05) is 18.2 Å². The minimum atomic E-state index is -4.14. The summed E-state index contributed by atoms with van der Waals surface area (Å²) in [6.45, 7) is 2.67. The van der Waals surface area contributed by atoms with Crippen LogP contribution in [0.3, 0.4) is 0 Å². The van der Waals surface area contributed by atoms with Crippen molar-refractivity contribution in [3.05, 3.63) is 62.9 Å². The van der Waals surface area contributed by atoms with E-state index in [9.17, 15) is 24.1 Å². The van der Waals surface area contributed by atoms with E-state index in [1.807, 2.05) is 0 Å². The number of hydrogen-bond acceptors (Lipinski definition) is 9. The standard InChI is InChI=1S/C23H30N3O9P/c1-14-12-26(23(30)24-21(14)28)20-11-18(27)19(34-20)13-32-36(31,35-17-7-4-3-5-8-17)25-15(2)22(29)33-16-9-6-10-16/h3-5,7-8,12,15-16,18-20,27H,6,9-11,13H2,1-2H3,(H,25,31)(H,24,28,30)/t15-,18+,19-,20-,36-/m0/s1.